The summed E-state index contributed by atoms with van der Waals surface area (Å²) in [4.78, 5) is 17.9. The molecule has 0 aliphatic carbocycles. The highest BCUT2D eigenvalue weighted by Crippen LogP contribution is 2.21. The van der Waals surface area contributed by atoms with Crippen molar-refractivity contribution in [3.63, 3.8) is 0 Å². The number of nitrogens with two attached hydrogens (primary N) is 1. The Kier molecular flexibility index (Phi) is 2.96. The van der Waals surface area contributed by atoms with Crippen LogP contribution in [0.3, 0.4) is 0 Å². The van der Waals surface area contributed by atoms with Crippen LogP contribution in [0, 0.1) is 5.92 Å². The zero-order chi connectivity index (χ0) is 12.3. The van der Waals surface area contributed by atoms with E-state index in [1.807, 2.05) is 18.2 Å². The van der Waals surface area contributed by atoms with Crippen LogP contribution in [0.25, 0.3) is 0 Å². The molecule has 1 aromatic rings. The third kappa shape index (κ3) is 2.30. The van der Waals surface area contributed by atoms with Gasteiger partial charge in [-0.05, 0) is 25.0 Å². The lowest BCUT2D eigenvalue weighted by Gasteiger charge is -2.31. The number of aromatic nitrogens is 1. The van der Waals surface area contributed by atoms with Crippen molar-refractivity contribution in [2.75, 3.05) is 18.0 Å². The second kappa shape index (κ2) is 4.94. The minimum absolute atomic E-state index is 0.127. The highest BCUT2D eigenvalue weighted by atomic mass is 16.2. The lowest BCUT2D eigenvalue weighted by Crippen LogP contribution is -2.42. The maximum absolute atomic E-state index is 11.5. The van der Waals surface area contributed by atoms with Crippen molar-refractivity contribution in [2.24, 2.45) is 11.8 Å². The Balaban J connectivity index is 1.93. The van der Waals surface area contributed by atoms with E-state index in [1.54, 1.807) is 6.20 Å². The Hall–Kier alpha value is -1.62. The number of carbonyl (C=O) groups excluding carboxylic acids is 1. The summed E-state index contributed by atoms with van der Waals surface area (Å²) in [7, 11) is 0. The van der Waals surface area contributed by atoms with Gasteiger partial charge in [-0.25, -0.2) is 10.8 Å². The molecule has 1 aliphatic rings. The quantitative estimate of drug-likeness (QED) is 0.428. The lowest BCUT2D eigenvalue weighted by atomic mass is 9.96. The monoisotopic (exact) mass is 221 g/mol. The Morgan fingerprint density at radius 2 is 2.31 bits per heavy atom. The summed E-state index contributed by atoms with van der Waals surface area (Å²) in [5, 5.41) is 0. The highest BCUT2D eigenvalue weighted by Gasteiger charge is 2.24. The number of nitrogens with zero attached hydrogens (tertiary/aromatic N) is 2. The molecule has 0 atom stereocenters. The summed E-state index contributed by atoms with van der Waals surface area (Å²) in [5.41, 5.74) is 0.446. The van der Waals surface area contributed by atoms with Gasteiger partial charge >= 0.3 is 0 Å². The topological polar surface area (TPSA) is 71.2 Å². The van der Waals surface area contributed by atoms with E-state index in [2.05, 4.69) is 9.88 Å². The summed E-state index contributed by atoms with van der Waals surface area (Å²) >= 11 is 0. The Bertz CT molecular complexity index is 376. The number of pyridine rings is 1. The molecule has 0 saturated carbocycles. The van der Waals surface area contributed by atoms with Gasteiger partial charge < -0.3 is 4.90 Å². The van der Waals surface area contributed by atoms with Crippen molar-refractivity contribution in [1.82, 2.24) is 10.4 Å². The van der Waals surface area contributed by atoms with Crippen LogP contribution in [0.4, 0.5) is 5.82 Å². The molecule has 0 bridgehead atoms. The molecule has 5 nitrogen and oxygen atoms in total. The summed E-state index contributed by atoms with van der Waals surface area (Å²) in [6.07, 6.45) is 3.21. The van der Waals surface area contributed by atoms with E-state index < -0.39 is 0 Å². The van der Waals surface area contributed by atoms with Gasteiger partial charge in [-0.2, -0.15) is 0 Å². The Morgan fingerprint density at radius 1 is 1.56 bits per heavy atom. The molecular formula is C11H16N4O. The average molecular weight is 221 g/mol. The summed E-state index contributed by atoms with van der Waals surface area (Å²) in [6.45, 7) is 1.56. The van der Waals surface area contributed by atoms with Crippen molar-refractivity contribution < 1.29 is 6.21 Å². The van der Waals surface area contributed by atoms with Crippen LogP contribution in [-0.2, 0) is 4.79 Å². The fourth-order valence-electron chi connectivity index (χ4n) is 2.00. The molecular weight excluding hydrogens is 204 g/mol. The first-order valence-electron chi connectivity index (χ1n) is 5.86. The SMILES string of the molecule is [2H]N(N)C(=O)C1CCN(c2ccccn2)CC1. The number of nitrogens with one attached hydrogen (secondary N) is 1. The average Bonchev–Trinajstić information content (AvgIpc) is 2.39. The van der Waals surface area contributed by atoms with Crippen molar-refractivity contribution in [3.05, 3.63) is 24.4 Å². The molecule has 1 amide bonds. The molecule has 1 saturated heterocycles. The minimum atomic E-state index is -0.300. The van der Waals surface area contributed by atoms with E-state index in [4.69, 9.17) is 7.25 Å². The largest absolute Gasteiger partial charge is 0.357 e. The molecule has 3 N–H and O–H groups in total. The predicted molar refractivity (Wildman–Crippen MR) is 61.5 cm³/mol. The molecule has 1 fully saturated rings. The van der Waals surface area contributed by atoms with Crippen molar-refractivity contribution in [2.45, 2.75) is 12.8 Å². The zero-order valence-electron chi connectivity index (χ0n) is 10.0. The van der Waals surface area contributed by atoms with E-state index in [0.29, 0.717) is 5.42 Å². The number of anilines is 1. The fourth-order valence-corrected chi connectivity index (χ4v) is 2.00. The van der Waals surface area contributed by atoms with Gasteiger partial charge in [0.25, 0.3) is 0 Å². The molecule has 0 radical (unpaired) electrons. The number of carbonyl (C=O) groups is 1. The van der Waals surface area contributed by atoms with Gasteiger partial charge in [0.05, 0.1) is 0 Å². The molecule has 2 rings (SSSR count). The molecule has 0 unspecified atom stereocenters. The van der Waals surface area contributed by atoms with Crippen LogP contribution in [0.1, 0.15) is 12.8 Å². The van der Waals surface area contributed by atoms with Crippen LogP contribution in [0.2, 0.25) is 1.41 Å². The van der Waals surface area contributed by atoms with Gasteiger partial charge in [0, 0.05) is 25.2 Å². The van der Waals surface area contributed by atoms with Gasteiger partial charge in [-0.15, -0.1) is 0 Å². The van der Waals surface area contributed by atoms with E-state index in [9.17, 15) is 4.79 Å². The molecule has 0 aromatic carbocycles. The van der Waals surface area contributed by atoms with Gasteiger partial charge in [0.1, 0.15) is 5.82 Å². The van der Waals surface area contributed by atoms with Crippen LogP contribution < -0.4 is 16.2 Å². The van der Waals surface area contributed by atoms with Crippen molar-refractivity contribution >= 4 is 11.7 Å². The number of hydrazine groups is 1. The lowest BCUT2D eigenvalue weighted by molar-refractivity contribution is -0.125. The zero-order valence-corrected chi connectivity index (χ0v) is 9.04. The summed E-state index contributed by atoms with van der Waals surface area (Å²) in [6, 6.07) is 5.79. The summed E-state index contributed by atoms with van der Waals surface area (Å²) in [5.74, 6) is 5.65. The van der Waals surface area contributed by atoms with Crippen LogP contribution in [0.15, 0.2) is 24.4 Å². The minimum Gasteiger partial charge on any atom is -0.357 e. The van der Waals surface area contributed by atoms with Crippen LogP contribution >= 0.6 is 0 Å². The molecule has 0 spiro atoms. The molecule has 16 heavy (non-hydrogen) atoms. The molecule has 1 aromatic heterocycles. The van der Waals surface area contributed by atoms with Crippen LogP contribution in [0.5, 0.6) is 0 Å². The summed E-state index contributed by atoms with van der Waals surface area (Å²) < 4.78 is 7.07. The molecule has 5 heteroatoms. The smallest absolute Gasteiger partial charge is 0.237 e. The Labute approximate surface area is 96.1 Å². The number of hydrogen-bond donors (Lipinski definition) is 2. The highest BCUT2D eigenvalue weighted by molar-refractivity contribution is 5.78. The predicted octanol–water partition coefficient (Wildman–Crippen LogP) is 0.288. The van der Waals surface area contributed by atoms with Gasteiger partial charge in [-0.3, -0.25) is 10.2 Å². The van der Waals surface area contributed by atoms with Gasteiger partial charge in [0.15, 0.2) is 1.41 Å². The molecule has 86 valence electrons. The Morgan fingerprint density at radius 3 is 2.88 bits per heavy atom. The normalized spacial score (nSPS) is 18.1. The maximum Gasteiger partial charge on any atom is 0.237 e. The standard InChI is InChI=1S/C11H16N4O/c12-14-11(16)9-4-7-15(8-5-9)10-3-1-2-6-13-10/h1-3,6,9H,4-5,7-8,12H2,(H,14,16)/i/hD. The van der Waals surface area contributed by atoms with E-state index in [0.717, 1.165) is 31.7 Å². The first-order chi connectivity index (χ1) is 8.18. The van der Waals surface area contributed by atoms with E-state index >= 15 is 0 Å². The first kappa shape index (κ1) is 9.59. The number of hydrogen-bond acceptors (Lipinski definition) is 4. The number of piperidine rings is 1. The third-order valence-corrected chi connectivity index (χ3v) is 2.94. The number of rotatable bonds is 2. The van der Waals surface area contributed by atoms with Crippen molar-refractivity contribution in [3.8, 4) is 0 Å². The number of amides is 1. The van der Waals surface area contributed by atoms with Crippen LogP contribution in [-0.4, -0.2) is 24.0 Å². The van der Waals surface area contributed by atoms with E-state index in [-0.39, 0.29) is 11.8 Å². The first-order valence-corrected chi connectivity index (χ1v) is 5.42. The maximum atomic E-state index is 11.5. The van der Waals surface area contributed by atoms with Gasteiger partial charge in [-0.1, -0.05) is 6.07 Å². The molecule has 2 heterocycles. The second-order valence-electron chi connectivity index (χ2n) is 3.92. The van der Waals surface area contributed by atoms with Crippen molar-refractivity contribution in [1.29, 1.82) is 0 Å². The fraction of sp³-hybridized carbons (Fsp3) is 0.455. The molecule has 1 aliphatic heterocycles. The third-order valence-electron chi connectivity index (χ3n) is 2.94. The second-order valence-corrected chi connectivity index (χ2v) is 3.92. The van der Waals surface area contributed by atoms with Gasteiger partial charge in [0.2, 0.25) is 5.91 Å². The van der Waals surface area contributed by atoms with E-state index in [1.165, 1.54) is 0 Å².